The predicted molar refractivity (Wildman–Crippen MR) is 80.0 cm³/mol. The lowest BCUT2D eigenvalue weighted by Crippen LogP contribution is -2.35. The lowest BCUT2D eigenvalue weighted by molar-refractivity contribution is 0.383. The zero-order valence-corrected chi connectivity index (χ0v) is 12.3. The number of aromatic nitrogens is 2. The molecule has 0 saturated heterocycles. The molecule has 0 atom stereocenters. The van der Waals surface area contributed by atoms with Crippen LogP contribution in [0.25, 0.3) is 0 Å². The van der Waals surface area contributed by atoms with E-state index in [1.54, 1.807) is 28.3 Å². The molecular weight excluding hydrogens is 258 g/mol. The van der Waals surface area contributed by atoms with Crippen LogP contribution in [0, 0.1) is 0 Å². The quantitative estimate of drug-likeness (QED) is 0.934. The van der Waals surface area contributed by atoms with E-state index in [9.17, 15) is 4.79 Å². The van der Waals surface area contributed by atoms with E-state index in [2.05, 4.69) is 27.1 Å². The summed E-state index contributed by atoms with van der Waals surface area (Å²) >= 11 is 1.69. The second-order valence-corrected chi connectivity index (χ2v) is 6.21. The van der Waals surface area contributed by atoms with Gasteiger partial charge in [-0.05, 0) is 49.6 Å². The molecule has 0 aliphatic heterocycles. The van der Waals surface area contributed by atoms with Crippen LogP contribution in [-0.4, -0.2) is 16.1 Å². The molecule has 2 aromatic heterocycles. The average Bonchev–Trinajstić information content (AvgIpc) is 2.83. The molecule has 0 bridgehead atoms. The Morgan fingerprint density at radius 1 is 1.42 bits per heavy atom. The van der Waals surface area contributed by atoms with Crippen LogP contribution in [0.3, 0.4) is 0 Å². The van der Waals surface area contributed by atoms with Crippen LogP contribution in [0.2, 0.25) is 0 Å². The number of rotatable bonds is 4. The smallest absolute Gasteiger partial charge is 0.293 e. The Morgan fingerprint density at radius 2 is 2.21 bits per heavy atom. The van der Waals surface area contributed by atoms with Crippen molar-refractivity contribution in [2.24, 2.45) is 0 Å². The molecule has 2 rings (SSSR count). The SMILES string of the molecule is CC(C)(C)n1ccnc(NCCc2ccsc2)c1=O. The normalized spacial score (nSPS) is 11.5. The maximum atomic E-state index is 12.2. The van der Waals surface area contributed by atoms with Gasteiger partial charge in [0.2, 0.25) is 0 Å². The van der Waals surface area contributed by atoms with Crippen LogP contribution in [0.15, 0.2) is 34.0 Å². The largest absolute Gasteiger partial charge is 0.365 e. The lowest BCUT2D eigenvalue weighted by Gasteiger charge is -2.22. The summed E-state index contributed by atoms with van der Waals surface area (Å²) < 4.78 is 1.70. The summed E-state index contributed by atoms with van der Waals surface area (Å²) in [7, 11) is 0. The van der Waals surface area contributed by atoms with Gasteiger partial charge in [0.1, 0.15) is 0 Å². The van der Waals surface area contributed by atoms with Crippen molar-refractivity contribution < 1.29 is 0 Å². The molecule has 2 heterocycles. The first-order valence-corrected chi connectivity index (χ1v) is 7.26. The van der Waals surface area contributed by atoms with Crippen molar-refractivity contribution in [3.8, 4) is 0 Å². The summed E-state index contributed by atoms with van der Waals surface area (Å²) in [5.74, 6) is 0.424. The van der Waals surface area contributed by atoms with E-state index in [4.69, 9.17) is 0 Å². The van der Waals surface area contributed by atoms with E-state index >= 15 is 0 Å². The van der Waals surface area contributed by atoms with Crippen molar-refractivity contribution in [2.75, 3.05) is 11.9 Å². The molecule has 2 aromatic rings. The van der Waals surface area contributed by atoms with Gasteiger partial charge < -0.3 is 9.88 Å². The Balaban J connectivity index is 2.07. The fourth-order valence-corrected chi connectivity index (χ4v) is 2.52. The number of nitrogens with zero attached hydrogens (tertiary/aromatic N) is 2. The maximum absolute atomic E-state index is 12.2. The topological polar surface area (TPSA) is 46.9 Å². The molecule has 0 amide bonds. The molecule has 0 spiro atoms. The fraction of sp³-hybridized carbons (Fsp3) is 0.429. The summed E-state index contributed by atoms with van der Waals surface area (Å²) in [6.45, 7) is 6.73. The minimum Gasteiger partial charge on any atom is -0.365 e. The van der Waals surface area contributed by atoms with Crippen molar-refractivity contribution in [1.29, 1.82) is 0 Å². The summed E-state index contributed by atoms with van der Waals surface area (Å²) in [6.07, 6.45) is 4.29. The third-order valence-corrected chi connectivity index (χ3v) is 3.58. The van der Waals surface area contributed by atoms with Gasteiger partial charge in [-0.25, -0.2) is 4.98 Å². The van der Waals surface area contributed by atoms with Crippen LogP contribution in [0.1, 0.15) is 26.3 Å². The molecule has 0 aromatic carbocycles. The molecule has 19 heavy (non-hydrogen) atoms. The second kappa shape index (κ2) is 5.57. The zero-order valence-electron chi connectivity index (χ0n) is 11.5. The van der Waals surface area contributed by atoms with Crippen LogP contribution in [0.5, 0.6) is 0 Å². The Kier molecular flexibility index (Phi) is 4.04. The van der Waals surface area contributed by atoms with Gasteiger partial charge in [0.15, 0.2) is 5.82 Å². The zero-order chi connectivity index (χ0) is 13.9. The minimum absolute atomic E-state index is 0.0691. The van der Waals surface area contributed by atoms with Crippen molar-refractivity contribution in [2.45, 2.75) is 32.7 Å². The summed E-state index contributed by atoms with van der Waals surface area (Å²) in [5.41, 5.74) is 0.981. The molecule has 4 nitrogen and oxygen atoms in total. The van der Waals surface area contributed by atoms with Crippen molar-refractivity contribution in [3.63, 3.8) is 0 Å². The molecule has 5 heteroatoms. The van der Waals surface area contributed by atoms with E-state index in [-0.39, 0.29) is 11.1 Å². The highest BCUT2D eigenvalue weighted by Crippen LogP contribution is 2.11. The predicted octanol–water partition coefficient (Wildman–Crippen LogP) is 2.71. The maximum Gasteiger partial charge on any atom is 0.293 e. The molecule has 0 saturated carbocycles. The van der Waals surface area contributed by atoms with Gasteiger partial charge in [0.05, 0.1) is 0 Å². The van der Waals surface area contributed by atoms with Gasteiger partial charge in [0, 0.05) is 24.5 Å². The standard InChI is InChI=1S/C14H19N3OS/c1-14(2,3)17-8-7-16-12(13(17)18)15-6-4-11-5-9-19-10-11/h5,7-10H,4,6H2,1-3H3,(H,15,16). The molecule has 0 unspecified atom stereocenters. The second-order valence-electron chi connectivity index (χ2n) is 5.43. The Morgan fingerprint density at radius 3 is 2.84 bits per heavy atom. The van der Waals surface area contributed by atoms with Crippen LogP contribution in [-0.2, 0) is 12.0 Å². The van der Waals surface area contributed by atoms with Crippen LogP contribution < -0.4 is 10.9 Å². The molecule has 0 radical (unpaired) electrons. The first-order chi connectivity index (χ1) is 8.98. The van der Waals surface area contributed by atoms with E-state index in [1.165, 1.54) is 5.56 Å². The van der Waals surface area contributed by atoms with Crippen molar-refractivity contribution in [1.82, 2.24) is 9.55 Å². The van der Waals surface area contributed by atoms with Gasteiger partial charge in [-0.1, -0.05) is 0 Å². The highest BCUT2D eigenvalue weighted by atomic mass is 32.1. The van der Waals surface area contributed by atoms with Gasteiger partial charge >= 0.3 is 0 Å². The molecule has 0 fully saturated rings. The Bertz CT molecular complexity index is 581. The van der Waals surface area contributed by atoms with Crippen LogP contribution >= 0.6 is 11.3 Å². The number of hydrogen-bond donors (Lipinski definition) is 1. The average molecular weight is 277 g/mol. The molecule has 0 aliphatic rings. The van der Waals surface area contributed by atoms with Gasteiger partial charge in [-0.15, -0.1) is 0 Å². The third-order valence-electron chi connectivity index (χ3n) is 2.85. The highest BCUT2D eigenvalue weighted by Gasteiger charge is 2.16. The highest BCUT2D eigenvalue weighted by molar-refractivity contribution is 7.07. The first-order valence-electron chi connectivity index (χ1n) is 6.31. The van der Waals surface area contributed by atoms with Crippen molar-refractivity contribution >= 4 is 17.2 Å². The van der Waals surface area contributed by atoms with Crippen molar-refractivity contribution in [3.05, 3.63) is 45.1 Å². The third kappa shape index (κ3) is 3.44. The van der Waals surface area contributed by atoms with E-state index in [0.29, 0.717) is 12.4 Å². The summed E-state index contributed by atoms with van der Waals surface area (Å²) in [4.78, 5) is 16.4. The summed E-state index contributed by atoms with van der Waals surface area (Å²) in [6, 6.07) is 2.10. The lowest BCUT2D eigenvalue weighted by atomic mass is 10.1. The molecule has 0 aliphatic carbocycles. The Labute approximate surface area is 117 Å². The minimum atomic E-state index is -0.232. The van der Waals surface area contributed by atoms with Gasteiger partial charge in [-0.2, -0.15) is 11.3 Å². The number of nitrogens with one attached hydrogen (secondary N) is 1. The van der Waals surface area contributed by atoms with E-state index < -0.39 is 0 Å². The molecule has 1 N–H and O–H groups in total. The fourth-order valence-electron chi connectivity index (χ4n) is 1.82. The van der Waals surface area contributed by atoms with E-state index in [1.807, 2.05) is 20.8 Å². The first kappa shape index (κ1) is 13.8. The number of thiophene rings is 1. The van der Waals surface area contributed by atoms with Gasteiger partial charge in [-0.3, -0.25) is 4.79 Å². The van der Waals surface area contributed by atoms with Gasteiger partial charge in [0.25, 0.3) is 5.56 Å². The van der Waals surface area contributed by atoms with Crippen LogP contribution in [0.4, 0.5) is 5.82 Å². The monoisotopic (exact) mass is 277 g/mol. The van der Waals surface area contributed by atoms with E-state index in [0.717, 1.165) is 6.42 Å². The molecular formula is C14H19N3OS. The number of hydrogen-bond acceptors (Lipinski definition) is 4. The molecule has 102 valence electrons. The number of anilines is 1. The summed E-state index contributed by atoms with van der Waals surface area (Å²) in [5, 5.41) is 7.30. The Hall–Kier alpha value is -1.62.